The molecule has 1 aliphatic carbocycles. The second kappa shape index (κ2) is 8.43. The van der Waals surface area contributed by atoms with Gasteiger partial charge in [-0.3, -0.25) is 30.1 Å². The van der Waals surface area contributed by atoms with Gasteiger partial charge in [0.2, 0.25) is 5.91 Å². The molecule has 31 heavy (non-hydrogen) atoms. The summed E-state index contributed by atoms with van der Waals surface area (Å²) in [6, 6.07) is 14.6. The summed E-state index contributed by atoms with van der Waals surface area (Å²) in [4.78, 5) is 51.5. The normalized spacial score (nSPS) is 19.3. The number of imide groups is 1. The number of hydrazine groups is 1. The number of carbonyl (C=O) groups excluding carboxylic acids is 4. The average Bonchev–Trinajstić information content (AvgIpc) is 3.25. The third-order valence-corrected chi connectivity index (χ3v) is 6.47. The molecule has 1 heterocycles. The Balaban J connectivity index is 1.30. The van der Waals surface area contributed by atoms with Gasteiger partial charge >= 0.3 is 6.03 Å². The SMILES string of the molecule is Cc1ccc(SCC(=O)NNC(=O)CN2C(=O)N[C@]3(CCc4ccccc43)C2=O)cc1. The molecule has 4 rings (SSSR count). The molecule has 0 unspecified atom stereocenters. The maximum absolute atomic E-state index is 13.0. The summed E-state index contributed by atoms with van der Waals surface area (Å²) < 4.78 is 0. The molecule has 2 aromatic carbocycles. The van der Waals surface area contributed by atoms with E-state index in [1.54, 1.807) is 0 Å². The minimum Gasteiger partial charge on any atom is -0.319 e. The molecule has 1 spiro atoms. The largest absolute Gasteiger partial charge is 0.325 e. The first-order valence-electron chi connectivity index (χ1n) is 9.89. The Hall–Kier alpha value is -3.33. The Morgan fingerprint density at radius 2 is 1.77 bits per heavy atom. The molecule has 0 aromatic heterocycles. The standard InChI is InChI=1S/C22H22N4O4S/c1-14-6-8-16(9-7-14)31-13-19(28)25-24-18(27)12-26-20(29)22(23-21(26)30)11-10-15-4-2-3-5-17(15)22/h2-9H,10-13H2,1H3,(H,23,30)(H,24,27)(H,25,28)/t22-/m0/s1. The van der Waals surface area contributed by atoms with Crippen LogP contribution in [0.4, 0.5) is 4.79 Å². The zero-order valence-electron chi connectivity index (χ0n) is 16.9. The van der Waals surface area contributed by atoms with Crippen molar-refractivity contribution in [3.8, 4) is 0 Å². The highest BCUT2D eigenvalue weighted by Crippen LogP contribution is 2.41. The summed E-state index contributed by atoms with van der Waals surface area (Å²) in [7, 11) is 0. The summed E-state index contributed by atoms with van der Waals surface area (Å²) in [5.74, 6) is -1.37. The highest BCUT2D eigenvalue weighted by Gasteiger charge is 2.55. The minimum atomic E-state index is -1.11. The van der Waals surface area contributed by atoms with Gasteiger partial charge in [0.05, 0.1) is 5.75 Å². The van der Waals surface area contributed by atoms with E-state index >= 15 is 0 Å². The molecule has 5 amide bonds. The number of urea groups is 1. The zero-order chi connectivity index (χ0) is 22.0. The van der Waals surface area contributed by atoms with Gasteiger partial charge in [-0.05, 0) is 43.0 Å². The van der Waals surface area contributed by atoms with Gasteiger partial charge < -0.3 is 5.32 Å². The third kappa shape index (κ3) is 4.13. The van der Waals surface area contributed by atoms with Crippen molar-refractivity contribution in [2.45, 2.75) is 30.2 Å². The fourth-order valence-electron chi connectivity index (χ4n) is 3.88. The first-order chi connectivity index (χ1) is 14.9. The lowest BCUT2D eigenvalue weighted by Crippen LogP contribution is -2.48. The Labute approximate surface area is 183 Å². The van der Waals surface area contributed by atoms with Gasteiger partial charge in [0.25, 0.3) is 11.8 Å². The van der Waals surface area contributed by atoms with E-state index in [1.165, 1.54) is 11.8 Å². The van der Waals surface area contributed by atoms with E-state index in [1.807, 2.05) is 55.5 Å². The number of amides is 5. The zero-order valence-corrected chi connectivity index (χ0v) is 17.8. The van der Waals surface area contributed by atoms with Crippen molar-refractivity contribution in [1.82, 2.24) is 21.1 Å². The number of hydrogen-bond donors (Lipinski definition) is 3. The number of rotatable bonds is 5. The summed E-state index contributed by atoms with van der Waals surface area (Å²) in [5.41, 5.74) is 6.39. The summed E-state index contributed by atoms with van der Waals surface area (Å²) in [5, 5.41) is 2.76. The second-order valence-corrected chi connectivity index (χ2v) is 8.63. The van der Waals surface area contributed by atoms with E-state index in [9.17, 15) is 19.2 Å². The molecule has 1 fully saturated rings. The molecular weight excluding hydrogens is 416 g/mol. The van der Waals surface area contributed by atoms with Crippen LogP contribution >= 0.6 is 11.8 Å². The van der Waals surface area contributed by atoms with Gasteiger partial charge in [0.15, 0.2) is 0 Å². The van der Waals surface area contributed by atoms with Gasteiger partial charge in [-0.2, -0.15) is 0 Å². The molecule has 0 bridgehead atoms. The number of carbonyl (C=O) groups is 4. The van der Waals surface area contributed by atoms with Gasteiger partial charge in [0.1, 0.15) is 12.1 Å². The molecule has 1 saturated heterocycles. The van der Waals surface area contributed by atoms with Crippen molar-refractivity contribution in [3.63, 3.8) is 0 Å². The lowest BCUT2D eigenvalue weighted by molar-refractivity contribution is -0.136. The van der Waals surface area contributed by atoms with Gasteiger partial charge in [0, 0.05) is 4.90 Å². The summed E-state index contributed by atoms with van der Waals surface area (Å²) in [6.45, 7) is 1.51. The molecule has 160 valence electrons. The van der Waals surface area contributed by atoms with Crippen molar-refractivity contribution in [3.05, 3.63) is 65.2 Å². The third-order valence-electron chi connectivity index (χ3n) is 5.46. The van der Waals surface area contributed by atoms with Crippen molar-refractivity contribution >= 4 is 35.5 Å². The van der Waals surface area contributed by atoms with Crippen LogP contribution in [0.3, 0.4) is 0 Å². The van der Waals surface area contributed by atoms with Crippen molar-refractivity contribution in [2.75, 3.05) is 12.3 Å². The highest BCUT2D eigenvalue weighted by atomic mass is 32.2. The van der Waals surface area contributed by atoms with Crippen LogP contribution in [0.25, 0.3) is 0 Å². The Morgan fingerprint density at radius 3 is 2.55 bits per heavy atom. The number of fused-ring (bicyclic) bond motifs is 2. The first-order valence-corrected chi connectivity index (χ1v) is 10.9. The molecule has 3 N–H and O–H groups in total. The smallest absolute Gasteiger partial charge is 0.319 e. The molecule has 9 heteroatoms. The van der Waals surface area contributed by atoms with Gasteiger partial charge in [-0.25, -0.2) is 4.79 Å². The quantitative estimate of drug-likeness (QED) is 0.374. The van der Waals surface area contributed by atoms with Crippen molar-refractivity contribution in [1.29, 1.82) is 0 Å². The highest BCUT2D eigenvalue weighted by molar-refractivity contribution is 8.00. The van der Waals surface area contributed by atoms with Crippen LogP contribution in [0.15, 0.2) is 53.4 Å². The van der Waals surface area contributed by atoms with Crippen LogP contribution in [-0.4, -0.2) is 41.0 Å². The summed E-state index contributed by atoms with van der Waals surface area (Å²) in [6.07, 6.45) is 1.14. The van der Waals surface area contributed by atoms with E-state index in [4.69, 9.17) is 0 Å². The van der Waals surface area contributed by atoms with Crippen molar-refractivity contribution < 1.29 is 19.2 Å². The number of aryl methyl sites for hydroxylation is 2. The van der Waals surface area contributed by atoms with E-state index in [0.29, 0.717) is 12.8 Å². The molecule has 1 aliphatic heterocycles. The maximum atomic E-state index is 13.0. The van der Waals surface area contributed by atoms with Crippen LogP contribution in [0.1, 0.15) is 23.1 Å². The topological polar surface area (TPSA) is 108 Å². The summed E-state index contributed by atoms with van der Waals surface area (Å²) >= 11 is 1.34. The molecule has 0 saturated carbocycles. The van der Waals surface area contributed by atoms with Crippen molar-refractivity contribution in [2.24, 2.45) is 0 Å². The van der Waals surface area contributed by atoms with Crippen LogP contribution < -0.4 is 16.2 Å². The number of nitrogens with zero attached hydrogens (tertiary/aromatic N) is 1. The predicted molar refractivity (Wildman–Crippen MR) is 115 cm³/mol. The first kappa shape index (κ1) is 20.9. The van der Waals surface area contributed by atoms with Crippen LogP contribution in [0.5, 0.6) is 0 Å². The lowest BCUT2D eigenvalue weighted by Gasteiger charge is -2.22. The molecule has 2 aromatic rings. The van der Waals surface area contributed by atoms with Crippen LogP contribution in [0, 0.1) is 6.92 Å². The maximum Gasteiger partial charge on any atom is 0.325 e. The van der Waals surface area contributed by atoms with E-state index < -0.39 is 35.8 Å². The fourth-order valence-corrected chi connectivity index (χ4v) is 4.57. The predicted octanol–water partition coefficient (Wildman–Crippen LogP) is 1.63. The molecule has 1 atom stereocenters. The minimum absolute atomic E-state index is 0.117. The molecule has 2 aliphatic rings. The van der Waals surface area contributed by atoms with Gasteiger partial charge in [-0.1, -0.05) is 42.0 Å². The van der Waals surface area contributed by atoms with E-state index in [0.717, 1.165) is 26.5 Å². The van der Waals surface area contributed by atoms with Crippen LogP contribution in [0.2, 0.25) is 0 Å². The fraction of sp³-hybridized carbons (Fsp3) is 0.273. The second-order valence-electron chi connectivity index (χ2n) is 7.58. The Kier molecular flexibility index (Phi) is 5.69. The van der Waals surface area contributed by atoms with E-state index in [-0.39, 0.29) is 5.75 Å². The Morgan fingerprint density at radius 1 is 1.06 bits per heavy atom. The average molecular weight is 439 g/mol. The number of thioether (sulfide) groups is 1. The number of benzene rings is 2. The molecule has 0 radical (unpaired) electrons. The number of hydrogen-bond acceptors (Lipinski definition) is 5. The number of nitrogens with one attached hydrogen (secondary N) is 3. The lowest BCUT2D eigenvalue weighted by atomic mass is 9.92. The molecule has 8 nitrogen and oxygen atoms in total. The van der Waals surface area contributed by atoms with Crippen LogP contribution in [-0.2, 0) is 26.3 Å². The monoisotopic (exact) mass is 438 g/mol. The Bertz CT molecular complexity index is 1060. The van der Waals surface area contributed by atoms with E-state index in [2.05, 4.69) is 16.2 Å². The molecular formula is C22H22N4O4S. The van der Waals surface area contributed by atoms with Gasteiger partial charge in [-0.15, -0.1) is 11.8 Å².